The van der Waals surface area contributed by atoms with Crippen molar-refractivity contribution >= 4 is 5.69 Å². The lowest BCUT2D eigenvalue weighted by molar-refractivity contribution is 0.328. The van der Waals surface area contributed by atoms with Crippen LogP contribution in [0.1, 0.15) is 43.8 Å². The van der Waals surface area contributed by atoms with Crippen molar-refractivity contribution in [2.75, 3.05) is 5.32 Å². The number of benzene rings is 1. The SMILES string of the molecule is c1ccc(NCc2ccn(C3CCCCC3)n2)cc1. The molecule has 1 aromatic carbocycles. The van der Waals surface area contributed by atoms with Gasteiger partial charge in [0.2, 0.25) is 0 Å². The van der Waals surface area contributed by atoms with Gasteiger partial charge in [-0.25, -0.2) is 0 Å². The molecule has 0 aliphatic heterocycles. The van der Waals surface area contributed by atoms with Gasteiger partial charge in [-0.3, -0.25) is 4.68 Å². The quantitative estimate of drug-likeness (QED) is 0.895. The van der Waals surface area contributed by atoms with E-state index in [2.05, 4.69) is 34.4 Å². The van der Waals surface area contributed by atoms with Gasteiger partial charge in [-0.15, -0.1) is 0 Å². The van der Waals surface area contributed by atoms with E-state index in [0.717, 1.165) is 17.9 Å². The molecule has 1 heterocycles. The van der Waals surface area contributed by atoms with E-state index in [-0.39, 0.29) is 0 Å². The highest BCUT2D eigenvalue weighted by Gasteiger charge is 2.15. The van der Waals surface area contributed by atoms with Crippen molar-refractivity contribution in [2.45, 2.75) is 44.7 Å². The normalized spacial score (nSPS) is 16.4. The zero-order valence-electron chi connectivity index (χ0n) is 11.3. The molecule has 3 nitrogen and oxygen atoms in total. The Balaban J connectivity index is 1.58. The molecule has 1 aliphatic rings. The van der Waals surface area contributed by atoms with E-state index in [1.54, 1.807) is 0 Å². The van der Waals surface area contributed by atoms with Gasteiger partial charge in [0.15, 0.2) is 0 Å². The van der Waals surface area contributed by atoms with Crippen molar-refractivity contribution in [2.24, 2.45) is 0 Å². The molecule has 3 heteroatoms. The molecule has 1 aromatic heterocycles. The first-order valence-corrected chi connectivity index (χ1v) is 7.25. The average molecular weight is 255 g/mol. The molecule has 0 amide bonds. The second kappa shape index (κ2) is 5.91. The van der Waals surface area contributed by atoms with Gasteiger partial charge < -0.3 is 5.32 Å². The maximum absolute atomic E-state index is 4.70. The van der Waals surface area contributed by atoms with Crippen LogP contribution in [-0.4, -0.2) is 9.78 Å². The maximum atomic E-state index is 4.70. The molecular formula is C16H21N3. The fraction of sp³-hybridized carbons (Fsp3) is 0.438. The highest BCUT2D eigenvalue weighted by Crippen LogP contribution is 2.27. The van der Waals surface area contributed by atoms with E-state index in [4.69, 9.17) is 5.10 Å². The van der Waals surface area contributed by atoms with Crippen molar-refractivity contribution in [1.29, 1.82) is 0 Å². The van der Waals surface area contributed by atoms with Crippen LogP contribution in [0.3, 0.4) is 0 Å². The minimum Gasteiger partial charge on any atom is -0.379 e. The molecule has 0 saturated heterocycles. The maximum Gasteiger partial charge on any atom is 0.0815 e. The number of anilines is 1. The third-order valence-electron chi connectivity index (χ3n) is 3.86. The summed E-state index contributed by atoms with van der Waals surface area (Å²) in [6.45, 7) is 0.795. The number of hydrogen-bond acceptors (Lipinski definition) is 2. The molecule has 0 unspecified atom stereocenters. The van der Waals surface area contributed by atoms with Gasteiger partial charge in [0.25, 0.3) is 0 Å². The van der Waals surface area contributed by atoms with E-state index in [9.17, 15) is 0 Å². The number of para-hydroxylation sites is 1. The van der Waals surface area contributed by atoms with Gasteiger partial charge in [0.1, 0.15) is 0 Å². The number of nitrogens with zero attached hydrogens (tertiary/aromatic N) is 2. The van der Waals surface area contributed by atoms with Crippen LogP contribution in [0.4, 0.5) is 5.69 Å². The highest BCUT2D eigenvalue weighted by molar-refractivity contribution is 5.42. The fourth-order valence-electron chi connectivity index (χ4n) is 2.77. The molecule has 0 bridgehead atoms. The van der Waals surface area contributed by atoms with Crippen molar-refractivity contribution in [1.82, 2.24) is 9.78 Å². The van der Waals surface area contributed by atoms with Gasteiger partial charge >= 0.3 is 0 Å². The van der Waals surface area contributed by atoms with E-state index in [0.29, 0.717) is 6.04 Å². The van der Waals surface area contributed by atoms with Crippen LogP contribution in [0.5, 0.6) is 0 Å². The van der Waals surface area contributed by atoms with Crippen LogP contribution in [0, 0.1) is 0 Å². The number of aromatic nitrogens is 2. The van der Waals surface area contributed by atoms with Gasteiger partial charge in [-0.2, -0.15) is 5.10 Å². The predicted molar refractivity (Wildman–Crippen MR) is 78.1 cm³/mol. The molecule has 19 heavy (non-hydrogen) atoms. The molecule has 0 spiro atoms. The Kier molecular flexibility index (Phi) is 3.82. The summed E-state index contributed by atoms with van der Waals surface area (Å²) in [5.74, 6) is 0. The lowest BCUT2D eigenvalue weighted by Gasteiger charge is -2.21. The smallest absolute Gasteiger partial charge is 0.0815 e. The monoisotopic (exact) mass is 255 g/mol. The van der Waals surface area contributed by atoms with Crippen LogP contribution in [0.25, 0.3) is 0 Å². The van der Waals surface area contributed by atoms with Gasteiger partial charge in [0, 0.05) is 11.9 Å². The van der Waals surface area contributed by atoms with Crippen molar-refractivity contribution in [3.05, 3.63) is 48.3 Å². The largest absolute Gasteiger partial charge is 0.379 e. The van der Waals surface area contributed by atoms with E-state index >= 15 is 0 Å². The first kappa shape index (κ1) is 12.3. The molecule has 1 aliphatic carbocycles. The number of rotatable bonds is 4. The summed E-state index contributed by atoms with van der Waals surface area (Å²) >= 11 is 0. The summed E-state index contributed by atoms with van der Waals surface area (Å²) in [6.07, 6.45) is 8.79. The molecule has 1 N–H and O–H groups in total. The summed E-state index contributed by atoms with van der Waals surface area (Å²) in [4.78, 5) is 0. The average Bonchev–Trinajstić information content (AvgIpc) is 2.96. The summed E-state index contributed by atoms with van der Waals surface area (Å²) in [7, 11) is 0. The Morgan fingerprint density at radius 3 is 2.63 bits per heavy atom. The summed E-state index contributed by atoms with van der Waals surface area (Å²) in [6, 6.07) is 13.0. The van der Waals surface area contributed by atoms with Crippen LogP contribution in [0.15, 0.2) is 42.6 Å². The van der Waals surface area contributed by atoms with Gasteiger partial charge in [-0.05, 0) is 31.0 Å². The minimum atomic E-state index is 0.624. The molecule has 0 atom stereocenters. The third-order valence-corrected chi connectivity index (χ3v) is 3.86. The van der Waals surface area contributed by atoms with Crippen LogP contribution < -0.4 is 5.32 Å². The Hall–Kier alpha value is -1.77. The Bertz CT molecular complexity index is 498. The first-order chi connectivity index (χ1) is 9.42. The number of nitrogens with one attached hydrogen (secondary N) is 1. The zero-order valence-corrected chi connectivity index (χ0v) is 11.3. The number of hydrogen-bond donors (Lipinski definition) is 1. The first-order valence-electron chi connectivity index (χ1n) is 7.25. The molecular weight excluding hydrogens is 234 g/mol. The predicted octanol–water partition coefficient (Wildman–Crippen LogP) is 4.00. The summed E-state index contributed by atoms with van der Waals surface area (Å²) in [5, 5.41) is 8.10. The highest BCUT2D eigenvalue weighted by atomic mass is 15.3. The lowest BCUT2D eigenvalue weighted by atomic mass is 9.96. The van der Waals surface area contributed by atoms with Crippen molar-refractivity contribution in [3.8, 4) is 0 Å². The van der Waals surface area contributed by atoms with Crippen LogP contribution >= 0.6 is 0 Å². The van der Waals surface area contributed by atoms with Gasteiger partial charge in [0.05, 0.1) is 18.3 Å². The third kappa shape index (κ3) is 3.16. The van der Waals surface area contributed by atoms with Crippen molar-refractivity contribution in [3.63, 3.8) is 0 Å². The molecule has 3 rings (SSSR count). The summed E-state index contributed by atoms with van der Waals surface area (Å²) < 4.78 is 2.17. The van der Waals surface area contributed by atoms with E-state index < -0.39 is 0 Å². The van der Waals surface area contributed by atoms with E-state index in [1.807, 2.05) is 18.2 Å². The Morgan fingerprint density at radius 1 is 1.05 bits per heavy atom. The Labute approximate surface area is 114 Å². The fourth-order valence-corrected chi connectivity index (χ4v) is 2.77. The molecule has 0 radical (unpaired) electrons. The standard InChI is InChI=1S/C16H21N3/c1-3-7-14(8-4-1)17-13-15-11-12-19(18-15)16-9-5-2-6-10-16/h1,3-4,7-8,11-12,16-17H,2,5-6,9-10,13H2. The van der Waals surface area contributed by atoms with Crippen LogP contribution in [-0.2, 0) is 6.54 Å². The molecule has 1 saturated carbocycles. The second-order valence-corrected chi connectivity index (χ2v) is 5.30. The van der Waals surface area contributed by atoms with Gasteiger partial charge in [-0.1, -0.05) is 37.5 Å². The molecule has 1 fully saturated rings. The Morgan fingerprint density at radius 2 is 1.84 bits per heavy atom. The minimum absolute atomic E-state index is 0.624. The topological polar surface area (TPSA) is 29.9 Å². The second-order valence-electron chi connectivity index (χ2n) is 5.30. The summed E-state index contributed by atoms with van der Waals surface area (Å²) in [5.41, 5.74) is 2.27. The molecule has 2 aromatic rings. The lowest BCUT2D eigenvalue weighted by Crippen LogP contribution is -2.13. The molecule has 100 valence electrons. The van der Waals surface area contributed by atoms with E-state index in [1.165, 1.54) is 32.1 Å². The zero-order chi connectivity index (χ0) is 12.9. The van der Waals surface area contributed by atoms with Crippen LogP contribution in [0.2, 0.25) is 0 Å². The van der Waals surface area contributed by atoms with Crippen molar-refractivity contribution < 1.29 is 0 Å².